The lowest BCUT2D eigenvalue weighted by Crippen LogP contribution is -2.17. The van der Waals surface area contributed by atoms with Crippen LogP contribution in [-0.4, -0.2) is 16.9 Å². The van der Waals surface area contributed by atoms with Gasteiger partial charge in [0, 0.05) is 22.2 Å². The van der Waals surface area contributed by atoms with Crippen molar-refractivity contribution in [2.45, 2.75) is 13.8 Å². The number of nitrogens with one attached hydrogen (secondary N) is 2. The van der Waals surface area contributed by atoms with Crippen molar-refractivity contribution in [1.82, 2.24) is 0 Å². The molecule has 0 aliphatic heterocycles. The molecule has 0 aliphatic rings. The number of aryl methyl sites for hydroxylation is 1. The minimum Gasteiger partial charge on any atom is -0.508 e. The van der Waals surface area contributed by atoms with E-state index in [-0.39, 0.29) is 17.6 Å². The minimum atomic E-state index is -0.333. The van der Waals surface area contributed by atoms with Crippen LogP contribution in [0.2, 0.25) is 0 Å². The number of amides is 2. The van der Waals surface area contributed by atoms with Gasteiger partial charge in [0.15, 0.2) is 0 Å². The summed E-state index contributed by atoms with van der Waals surface area (Å²) in [6.45, 7) is 3.75. The summed E-state index contributed by atoms with van der Waals surface area (Å²) in [6.07, 6.45) is 0. The Hall–Kier alpha value is -3.12. The summed E-state index contributed by atoms with van der Waals surface area (Å²) in [5.74, 6) is -0.530. The maximum Gasteiger partial charge on any atom is 0.258 e. The molecule has 1 aromatic heterocycles. The number of aromatic hydroxyl groups is 1. The fourth-order valence-corrected chi connectivity index (χ4v) is 3.58. The molecule has 2 aromatic carbocycles. The fourth-order valence-electron chi connectivity index (χ4n) is 2.53. The highest BCUT2D eigenvalue weighted by atomic mass is 32.1. The second-order valence-corrected chi connectivity index (χ2v) is 7.04. The van der Waals surface area contributed by atoms with Crippen LogP contribution in [0.15, 0.2) is 54.6 Å². The van der Waals surface area contributed by atoms with Crippen molar-refractivity contribution in [2.24, 2.45) is 0 Å². The quantitative estimate of drug-likeness (QED) is 0.633. The molecule has 0 fully saturated rings. The van der Waals surface area contributed by atoms with Gasteiger partial charge in [-0.3, -0.25) is 9.59 Å². The van der Waals surface area contributed by atoms with Gasteiger partial charge in [0.2, 0.25) is 0 Å². The maximum atomic E-state index is 12.8. The predicted molar refractivity (Wildman–Crippen MR) is 104 cm³/mol. The molecule has 5 nitrogen and oxygen atoms in total. The van der Waals surface area contributed by atoms with Gasteiger partial charge in [0.25, 0.3) is 11.8 Å². The summed E-state index contributed by atoms with van der Waals surface area (Å²) in [7, 11) is 0. The van der Waals surface area contributed by atoms with Crippen LogP contribution in [0.25, 0.3) is 0 Å². The van der Waals surface area contributed by atoms with E-state index in [1.807, 2.05) is 19.9 Å². The summed E-state index contributed by atoms with van der Waals surface area (Å²) >= 11 is 1.36. The first kappa shape index (κ1) is 17.7. The van der Waals surface area contributed by atoms with Gasteiger partial charge in [-0.15, -0.1) is 11.3 Å². The number of phenols is 1. The molecule has 0 saturated carbocycles. The van der Waals surface area contributed by atoms with Crippen LogP contribution < -0.4 is 10.6 Å². The topological polar surface area (TPSA) is 78.4 Å². The van der Waals surface area contributed by atoms with E-state index >= 15 is 0 Å². The molecule has 0 aliphatic carbocycles. The Morgan fingerprint density at radius 2 is 1.65 bits per heavy atom. The Kier molecular flexibility index (Phi) is 5.04. The zero-order valence-corrected chi connectivity index (χ0v) is 15.2. The van der Waals surface area contributed by atoms with E-state index in [9.17, 15) is 14.7 Å². The maximum absolute atomic E-state index is 12.8. The molecule has 0 atom stereocenters. The van der Waals surface area contributed by atoms with Crippen molar-refractivity contribution < 1.29 is 14.7 Å². The van der Waals surface area contributed by atoms with Crippen LogP contribution in [-0.2, 0) is 0 Å². The fraction of sp³-hybridized carbons (Fsp3) is 0.100. The van der Waals surface area contributed by atoms with Crippen molar-refractivity contribution in [3.8, 4) is 5.75 Å². The Bertz CT molecular complexity index is 964. The van der Waals surface area contributed by atoms with Gasteiger partial charge in [0.05, 0.1) is 5.56 Å². The van der Waals surface area contributed by atoms with Gasteiger partial charge >= 0.3 is 0 Å². The number of phenolic OH excluding ortho intramolecular Hbond substituents is 1. The van der Waals surface area contributed by atoms with Crippen molar-refractivity contribution in [1.29, 1.82) is 0 Å². The molecule has 0 bridgehead atoms. The first-order valence-corrected chi connectivity index (χ1v) is 8.84. The lowest BCUT2D eigenvalue weighted by molar-refractivity contribution is 0.102. The summed E-state index contributed by atoms with van der Waals surface area (Å²) in [5.41, 5.74) is 2.25. The molecule has 0 spiro atoms. The number of thiophene rings is 1. The number of hydrogen-bond donors (Lipinski definition) is 3. The molecule has 6 heteroatoms. The summed E-state index contributed by atoms with van der Waals surface area (Å²) in [6, 6.07) is 15.2. The van der Waals surface area contributed by atoms with E-state index < -0.39 is 0 Å². The van der Waals surface area contributed by atoms with Crippen LogP contribution in [0.3, 0.4) is 0 Å². The molecular weight excluding hydrogens is 348 g/mol. The third-order valence-corrected chi connectivity index (χ3v) is 5.10. The van der Waals surface area contributed by atoms with Crippen LogP contribution in [0.1, 0.15) is 31.2 Å². The summed E-state index contributed by atoms with van der Waals surface area (Å²) in [5, 5.41) is 15.7. The predicted octanol–water partition coefficient (Wildman–Crippen LogP) is 4.58. The van der Waals surface area contributed by atoms with Crippen LogP contribution in [0.5, 0.6) is 5.75 Å². The lowest BCUT2D eigenvalue weighted by Gasteiger charge is -2.09. The molecule has 0 unspecified atom stereocenters. The van der Waals surface area contributed by atoms with E-state index in [1.54, 1.807) is 36.4 Å². The molecular formula is C20H18N2O3S. The lowest BCUT2D eigenvalue weighted by atomic mass is 10.1. The van der Waals surface area contributed by atoms with E-state index in [4.69, 9.17) is 0 Å². The molecule has 2 amide bonds. The second-order valence-electron chi connectivity index (χ2n) is 5.81. The third kappa shape index (κ3) is 3.75. The molecule has 1 heterocycles. The van der Waals surface area contributed by atoms with E-state index in [2.05, 4.69) is 10.6 Å². The zero-order chi connectivity index (χ0) is 18.7. The van der Waals surface area contributed by atoms with E-state index in [1.165, 1.54) is 23.5 Å². The van der Waals surface area contributed by atoms with E-state index in [0.29, 0.717) is 21.8 Å². The Morgan fingerprint density at radius 1 is 0.923 bits per heavy atom. The van der Waals surface area contributed by atoms with Gasteiger partial charge in [-0.25, -0.2) is 0 Å². The highest BCUT2D eigenvalue weighted by Gasteiger charge is 2.21. The normalized spacial score (nSPS) is 10.4. The smallest absolute Gasteiger partial charge is 0.258 e. The van der Waals surface area contributed by atoms with Crippen molar-refractivity contribution >= 4 is 33.8 Å². The standard InChI is InChI=1S/C20H18N2O3S/c1-12-13(2)26-20(22-18(24)14-7-4-3-5-8-14)17(12)19(25)21-15-9-6-10-16(23)11-15/h3-11,23H,1-2H3,(H,21,25)(H,22,24). The molecule has 0 saturated heterocycles. The third-order valence-electron chi connectivity index (χ3n) is 3.98. The number of benzene rings is 2. The zero-order valence-electron chi connectivity index (χ0n) is 14.4. The SMILES string of the molecule is Cc1sc(NC(=O)c2ccccc2)c(C(=O)Nc2cccc(O)c2)c1C. The second kappa shape index (κ2) is 7.41. The molecule has 3 aromatic rings. The average molecular weight is 366 g/mol. The molecule has 3 rings (SSSR count). The van der Waals surface area contributed by atoms with Crippen molar-refractivity contribution in [2.75, 3.05) is 10.6 Å². The highest BCUT2D eigenvalue weighted by Crippen LogP contribution is 2.33. The van der Waals surface area contributed by atoms with Crippen LogP contribution in [0, 0.1) is 13.8 Å². The number of hydrogen-bond acceptors (Lipinski definition) is 4. The summed E-state index contributed by atoms with van der Waals surface area (Å²) in [4.78, 5) is 26.2. The Morgan fingerprint density at radius 3 is 2.35 bits per heavy atom. The minimum absolute atomic E-state index is 0.0682. The van der Waals surface area contributed by atoms with Crippen LogP contribution in [0.4, 0.5) is 10.7 Å². The number of anilines is 2. The largest absolute Gasteiger partial charge is 0.508 e. The van der Waals surface area contributed by atoms with Crippen molar-refractivity contribution in [3.05, 3.63) is 76.2 Å². The van der Waals surface area contributed by atoms with Crippen LogP contribution >= 0.6 is 11.3 Å². The molecule has 0 radical (unpaired) electrons. The summed E-state index contributed by atoms with van der Waals surface area (Å²) < 4.78 is 0. The number of carbonyl (C=O) groups excluding carboxylic acids is 2. The van der Waals surface area contributed by atoms with Gasteiger partial charge in [-0.05, 0) is 43.7 Å². The molecule has 3 N–H and O–H groups in total. The number of rotatable bonds is 4. The van der Waals surface area contributed by atoms with Gasteiger partial charge < -0.3 is 15.7 Å². The molecule has 26 heavy (non-hydrogen) atoms. The van der Waals surface area contributed by atoms with E-state index in [0.717, 1.165) is 10.4 Å². The highest BCUT2D eigenvalue weighted by molar-refractivity contribution is 7.16. The van der Waals surface area contributed by atoms with Gasteiger partial charge in [-0.2, -0.15) is 0 Å². The first-order valence-electron chi connectivity index (χ1n) is 8.02. The molecule has 132 valence electrons. The Labute approximate surface area is 155 Å². The Balaban J connectivity index is 1.87. The van der Waals surface area contributed by atoms with Gasteiger partial charge in [0.1, 0.15) is 10.8 Å². The number of carbonyl (C=O) groups is 2. The average Bonchev–Trinajstić information content (AvgIpc) is 2.89. The monoisotopic (exact) mass is 366 g/mol. The van der Waals surface area contributed by atoms with Gasteiger partial charge in [-0.1, -0.05) is 24.3 Å². The first-order chi connectivity index (χ1) is 12.5. The van der Waals surface area contributed by atoms with Crippen molar-refractivity contribution in [3.63, 3.8) is 0 Å².